The van der Waals surface area contributed by atoms with Gasteiger partial charge in [-0.25, -0.2) is 13.4 Å². The molecule has 0 amide bonds. The van der Waals surface area contributed by atoms with Crippen molar-refractivity contribution in [3.05, 3.63) is 24.1 Å². The highest BCUT2D eigenvalue weighted by atomic mass is 32.2. The summed E-state index contributed by atoms with van der Waals surface area (Å²) in [7, 11) is -1.37. The summed E-state index contributed by atoms with van der Waals surface area (Å²) in [5.41, 5.74) is 1.15. The van der Waals surface area contributed by atoms with Crippen LogP contribution in [0.15, 0.2) is 27.5 Å². The summed E-state index contributed by atoms with van der Waals surface area (Å²) in [6, 6.07) is 4.89. The van der Waals surface area contributed by atoms with Gasteiger partial charge in [-0.05, 0) is 25.2 Å². The van der Waals surface area contributed by atoms with E-state index in [4.69, 9.17) is 9.15 Å². The largest absolute Gasteiger partial charge is 0.440 e. The van der Waals surface area contributed by atoms with Crippen molar-refractivity contribution in [3.63, 3.8) is 0 Å². The van der Waals surface area contributed by atoms with E-state index in [1.54, 1.807) is 12.1 Å². The smallest absolute Gasteiger partial charge is 0.202 e. The number of oxazole rings is 1. The Kier molecular flexibility index (Phi) is 3.27. The van der Waals surface area contributed by atoms with Crippen LogP contribution in [0.5, 0.6) is 0 Å². The lowest BCUT2D eigenvalue weighted by Crippen LogP contribution is -2.31. The Morgan fingerprint density at radius 1 is 1.35 bits per heavy atom. The minimum absolute atomic E-state index is 0.0501. The molecule has 0 spiro atoms. The van der Waals surface area contributed by atoms with E-state index in [1.807, 2.05) is 7.05 Å². The maximum Gasteiger partial charge on any atom is 0.202 e. The highest BCUT2D eigenvalue weighted by Gasteiger charge is 2.32. The molecular weight excluding hydrogens is 280 g/mol. The zero-order valence-corrected chi connectivity index (χ0v) is 12.1. The van der Waals surface area contributed by atoms with Crippen LogP contribution in [0.4, 0.5) is 0 Å². The quantitative estimate of drug-likeness (QED) is 0.907. The van der Waals surface area contributed by atoms with Gasteiger partial charge in [-0.2, -0.15) is 0 Å². The zero-order chi connectivity index (χ0) is 14.3. The summed E-state index contributed by atoms with van der Waals surface area (Å²) in [5.74, 6) is 0.636. The molecule has 1 saturated heterocycles. The molecular formula is C13H16N2O4S. The molecule has 0 aliphatic carbocycles. The van der Waals surface area contributed by atoms with Crippen LogP contribution in [0, 0.1) is 0 Å². The van der Waals surface area contributed by atoms with Gasteiger partial charge in [0, 0.05) is 12.3 Å². The summed E-state index contributed by atoms with van der Waals surface area (Å²) in [5, 5.41) is 3.17. The van der Waals surface area contributed by atoms with E-state index in [-0.39, 0.29) is 16.9 Å². The number of benzene rings is 1. The average Bonchev–Trinajstić information content (AvgIpc) is 3.02. The number of fused-ring (bicyclic) bond motifs is 1. The number of hydrogen-bond donors (Lipinski definition) is 1. The van der Waals surface area contributed by atoms with E-state index >= 15 is 0 Å². The van der Waals surface area contributed by atoms with Crippen LogP contribution in [-0.2, 0) is 14.6 Å². The summed E-state index contributed by atoms with van der Waals surface area (Å²) in [6.45, 7) is 1.17. The van der Waals surface area contributed by atoms with Gasteiger partial charge in [0.05, 0.1) is 24.0 Å². The molecule has 0 radical (unpaired) electrons. The first-order valence-electron chi connectivity index (χ1n) is 6.34. The highest BCUT2D eigenvalue weighted by molar-refractivity contribution is 7.90. The van der Waals surface area contributed by atoms with Crippen LogP contribution >= 0.6 is 0 Å². The van der Waals surface area contributed by atoms with Gasteiger partial charge in [-0.15, -0.1) is 0 Å². The van der Waals surface area contributed by atoms with Crippen molar-refractivity contribution >= 4 is 20.9 Å². The second-order valence-electron chi connectivity index (χ2n) is 4.99. The first kappa shape index (κ1) is 13.5. The van der Waals surface area contributed by atoms with Gasteiger partial charge < -0.3 is 14.5 Å². The number of aromatic nitrogens is 1. The minimum Gasteiger partial charge on any atom is -0.440 e. The summed E-state index contributed by atoms with van der Waals surface area (Å²) in [4.78, 5) is 4.66. The van der Waals surface area contributed by atoms with E-state index in [2.05, 4.69) is 10.3 Å². The molecule has 1 aliphatic rings. The predicted octanol–water partition coefficient (Wildman–Crippen LogP) is 0.933. The summed E-state index contributed by atoms with van der Waals surface area (Å²) in [6.07, 6.45) is 1.18. The first-order valence-corrected chi connectivity index (χ1v) is 8.24. The molecule has 108 valence electrons. The molecule has 1 aromatic heterocycles. The van der Waals surface area contributed by atoms with Crippen LogP contribution in [-0.4, -0.2) is 46.0 Å². The van der Waals surface area contributed by atoms with Crippen molar-refractivity contribution in [1.29, 1.82) is 0 Å². The van der Waals surface area contributed by atoms with Gasteiger partial charge in [0.15, 0.2) is 15.4 Å². The van der Waals surface area contributed by atoms with Crippen LogP contribution < -0.4 is 5.32 Å². The van der Waals surface area contributed by atoms with E-state index in [0.717, 1.165) is 0 Å². The van der Waals surface area contributed by atoms with Gasteiger partial charge in [0.2, 0.25) is 5.89 Å². The molecule has 3 rings (SSSR count). The van der Waals surface area contributed by atoms with Crippen LogP contribution in [0.25, 0.3) is 11.1 Å². The van der Waals surface area contributed by atoms with Crippen molar-refractivity contribution in [1.82, 2.24) is 10.3 Å². The van der Waals surface area contributed by atoms with Crippen molar-refractivity contribution in [2.75, 3.05) is 26.5 Å². The summed E-state index contributed by atoms with van der Waals surface area (Å²) < 4.78 is 34.3. The Morgan fingerprint density at radius 2 is 2.15 bits per heavy atom. The van der Waals surface area contributed by atoms with E-state index in [1.165, 1.54) is 12.3 Å². The molecule has 2 heterocycles. The lowest BCUT2D eigenvalue weighted by atomic mass is 10.0. The van der Waals surface area contributed by atoms with Crippen molar-refractivity contribution in [3.8, 4) is 0 Å². The molecule has 1 aliphatic heterocycles. The molecule has 1 aromatic carbocycles. The minimum atomic E-state index is -3.24. The first-order chi connectivity index (χ1) is 9.49. The standard InChI is InChI=1S/C13H16N2O4S/c1-14-11-7-18-6-9(11)13-15-10-5-8(20(2,16)17)3-4-12(10)19-13/h3-5,9,11,14H,6-7H2,1-2H3. The number of nitrogens with one attached hydrogen (secondary N) is 1. The van der Waals surface area contributed by atoms with E-state index < -0.39 is 9.84 Å². The third-order valence-corrected chi connectivity index (χ3v) is 4.68. The molecule has 7 heteroatoms. The molecule has 20 heavy (non-hydrogen) atoms. The lowest BCUT2D eigenvalue weighted by molar-refractivity contribution is 0.186. The molecule has 6 nitrogen and oxygen atoms in total. The molecule has 1 N–H and O–H groups in total. The van der Waals surface area contributed by atoms with Crippen LogP contribution in [0.1, 0.15) is 11.8 Å². The Balaban J connectivity index is 2.03. The lowest BCUT2D eigenvalue weighted by Gasteiger charge is -2.12. The normalized spacial score (nSPS) is 23.5. The SMILES string of the molecule is CNC1COCC1c1nc2cc(S(C)(=O)=O)ccc2o1. The number of hydrogen-bond acceptors (Lipinski definition) is 6. The molecule has 1 fully saturated rings. The fourth-order valence-electron chi connectivity index (χ4n) is 2.40. The Hall–Kier alpha value is -1.44. The third kappa shape index (κ3) is 2.32. The number of likely N-dealkylation sites (N-methyl/N-ethyl adjacent to an activating group) is 1. The van der Waals surface area contributed by atoms with E-state index in [9.17, 15) is 8.42 Å². The number of rotatable bonds is 3. The van der Waals surface area contributed by atoms with Gasteiger partial charge >= 0.3 is 0 Å². The predicted molar refractivity (Wildman–Crippen MR) is 73.5 cm³/mol. The Bertz CT molecular complexity index is 738. The number of ether oxygens (including phenoxy) is 1. The maximum atomic E-state index is 11.5. The fraction of sp³-hybridized carbons (Fsp3) is 0.462. The average molecular weight is 296 g/mol. The molecule has 2 aromatic rings. The van der Waals surface area contributed by atoms with Gasteiger partial charge in [-0.3, -0.25) is 0 Å². The Morgan fingerprint density at radius 3 is 2.85 bits per heavy atom. The van der Waals surface area contributed by atoms with Crippen molar-refractivity contribution in [2.24, 2.45) is 0 Å². The van der Waals surface area contributed by atoms with Gasteiger partial charge in [-0.1, -0.05) is 0 Å². The van der Waals surface area contributed by atoms with Gasteiger partial charge in [0.25, 0.3) is 0 Å². The van der Waals surface area contributed by atoms with Gasteiger partial charge in [0.1, 0.15) is 5.52 Å². The number of nitrogens with zero attached hydrogens (tertiary/aromatic N) is 1. The van der Waals surface area contributed by atoms with Crippen molar-refractivity contribution < 1.29 is 17.6 Å². The Labute approximate surface area is 117 Å². The van der Waals surface area contributed by atoms with Crippen LogP contribution in [0.3, 0.4) is 0 Å². The monoisotopic (exact) mass is 296 g/mol. The molecule has 2 unspecified atom stereocenters. The fourth-order valence-corrected chi connectivity index (χ4v) is 3.04. The van der Waals surface area contributed by atoms with E-state index in [0.29, 0.717) is 30.2 Å². The number of sulfone groups is 1. The third-order valence-electron chi connectivity index (χ3n) is 3.57. The maximum absolute atomic E-state index is 11.5. The summed E-state index contributed by atoms with van der Waals surface area (Å²) >= 11 is 0. The van der Waals surface area contributed by atoms with Crippen LogP contribution in [0.2, 0.25) is 0 Å². The molecule has 0 saturated carbocycles. The molecule has 0 bridgehead atoms. The second kappa shape index (κ2) is 4.83. The zero-order valence-electron chi connectivity index (χ0n) is 11.3. The topological polar surface area (TPSA) is 81.4 Å². The second-order valence-corrected chi connectivity index (χ2v) is 7.01. The highest BCUT2D eigenvalue weighted by Crippen LogP contribution is 2.29. The molecule has 2 atom stereocenters. The van der Waals surface area contributed by atoms with Crippen molar-refractivity contribution in [2.45, 2.75) is 16.9 Å².